The SMILES string of the molecule is CCc1ccc2c(c1)CC(=O)C1(CC3=CCC1C3)C2. The Morgan fingerprint density at radius 3 is 2.84 bits per heavy atom. The fourth-order valence-corrected chi connectivity index (χ4v) is 4.46. The van der Waals surface area contributed by atoms with Gasteiger partial charge in [0, 0.05) is 11.8 Å². The van der Waals surface area contributed by atoms with Crippen molar-refractivity contribution in [2.45, 2.75) is 45.4 Å². The molecule has 4 rings (SSSR count). The van der Waals surface area contributed by atoms with Gasteiger partial charge in [0.2, 0.25) is 0 Å². The molecule has 3 aliphatic rings. The minimum absolute atomic E-state index is 0.0230. The Labute approximate surface area is 114 Å². The minimum Gasteiger partial charge on any atom is -0.299 e. The maximum Gasteiger partial charge on any atom is 0.144 e. The van der Waals surface area contributed by atoms with Gasteiger partial charge in [0.05, 0.1) is 0 Å². The standard InChI is InChI=1S/C18H20O/c1-2-12-3-5-14-11-18(17(19)9-15(14)7-12)10-13-4-6-16(18)8-13/h3-5,7,16H,2,6,8-11H2,1H3. The highest BCUT2D eigenvalue weighted by atomic mass is 16.1. The van der Waals surface area contributed by atoms with Crippen molar-refractivity contribution in [2.75, 3.05) is 0 Å². The number of benzene rings is 1. The maximum absolute atomic E-state index is 12.7. The third-order valence-corrected chi connectivity index (χ3v) is 5.61. The molecule has 0 radical (unpaired) electrons. The second-order valence-corrected chi connectivity index (χ2v) is 6.57. The van der Waals surface area contributed by atoms with Gasteiger partial charge in [0.25, 0.3) is 0 Å². The van der Waals surface area contributed by atoms with E-state index in [1.807, 2.05) is 0 Å². The normalized spacial score (nSPS) is 31.7. The summed E-state index contributed by atoms with van der Waals surface area (Å²) in [5.41, 5.74) is 5.62. The first-order valence-corrected chi connectivity index (χ1v) is 7.53. The molecular weight excluding hydrogens is 232 g/mol. The van der Waals surface area contributed by atoms with Gasteiger partial charge < -0.3 is 0 Å². The molecule has 1 heteroatoms. The van der Waals surface area contributed by atoms with Crippen LogP contribution in [0.25, 0.3) is 0 Å². The van der Waals surface area contributed by atoms with Crippen LogP contribution in [0.5, 0.6) is 0 Å². The number of hydrogen-bond donors (Lipinski definition) is 0. The molecule has 0 amide bonds. The zero-order valence-electron chi connectivity index (χ0n) is 11.5. The molecule has 1 saturated carbocycles. The summed E-state index contributed by atoms with van der Waals surface area (Å²) in [6, 6.07) is 6.78. The van der Waals surface area contributed by atoms with E-state index in [0.717, 1.165) is 25.7 Å². The number of aryl methyl sites for hydroxylation is 1. The predicted octanol–water partition coefficient (Wildman–Crippen LogP) is 3.64. The lowest BCUT2D eigenvalue weighted by atomic mass is 9.63. The zero-order valence-corrected chi connectivity index (χ0v) is 11.5. The molecule has 1 fully saturated rings. The average molecular weight is 252 g/mol. The second-order valence-electron chi connectivity index (χ2n) is 6.57. The lowest BCUT2D eigenvalue weighted by molar-refractivity contribution is -0.131. The third kappa shape index (κ3) is 1.51. The Morgan fingerprint density at radius 2 is 2.16 bits per heavy atom. The van der Waals surface area contributed by atoms with Gasteiger partial charge in [-0.3, -0.25) is 4.79 Å². The van der Waals surface area contributed by atoms with Crippen LogP contribution in [0.4, 0.5) is 0 Å². The monoisotopic (exact) mass is 252 g/mol. The zero-order chi connectivity index (χ0) is 13.0. The molecule has 0 aliphatic heterocycles. The van der Waals surface area contributed by atoms with Crippen molar-refractivity contribution in [3.8, 4) is 0 Å². The number of Topliss-reactive ketones (excluding diaryl/α,β-unsaturated/α-hetero) is 1. The highest BCUT2D eigenvalue weighted by Gasteiger charge is 2.53. The maximum atomic E-state index is 12.7. The van der Waals surface area contributed by atoms with E-state index in [2.05, 4.69) is 31.2 Å². The summed E-state index contributed by atoms with van der Waals surface area (Å²) in [6.07, 6.45) is 8.48. The van der Waals surface area contributed by atoms with E-state index in [-0.39, 0.29) is 5.41 Å². The summed E-state index contributed by atoms with van der Waals surface area (Å²) < 4.78 is 0. The number of fused-ring (bicyclic) bond motifs is 4. The fraction of sp³-hybridized carbons (Fsp3) is 0.500. The van der Waals surface area contributed by atoms with Crippen LogP contribution in [0.3, 0.4) is 0 Å². The summed E-state index contributed by atoms with van der Waals surface area (Å²) in [5.74, 6) is 1.12. The molecule has 3 aliphatic carbocycles. The van der Waals surface area contributed by atoms with Crippen LogP contribution in [-0.2, 0) is 24.1 Å². The van der Waals surface area contributed by atoms with Crippen LogP contribution in [0.1, 0.15) is 42.9 Å². The van der Waals surface area contributed by atoms with Crippen molar-refractivity contribution in [2.24, 2.45) is 11.3 Å². The lowest BCUT2D eigenvalue weighted by Gasteiger charge is -2.39. The van der Waals surface area contributed by atoms with Gasteiger partial charge in [-0.1, -0.05) is 36.8 Å². The van der Waals surface area contributed by atoms with Crippen molar-refractivity contribution in [3.63, 3.8) is 0 Å². The summed E-state index contributed by atoms with van der Waals surface area (Å²) >= 11 is 0. The van der Waals surface area contributed by atoms with Crippen molar-refractivity contribution in [3.05, 3.63) is 46.5 Å². The molecular formula is C18H20O. The lowest BCUT2D eigenvalue weighted by Crippen LogP contribution is -2.42. The first kappa shape index (κ1) is 11.5. The van der Waals surface area contributed by atoms with Crippen LogP contribution < -0.4 is 0 Å². The smallest absolute Gasteiger partial charge is 0.144 e. The van der Waals surface area contributed by atoms with E-state index in [0.29, 0.717) is 18.1 Å². The van der Waals surface area contributed by atoms with Gasteiger partial charge in [0.1, 0.15) is 5.78 Å². The topological polar surface area (TPSA) is 17.1 Å². The molecule has 0 heterocycles. The van der Waals surface area contributed by atoms with E-state index >= 15 is 0 Å². The molecule has 1 spiro atoms. The van der Waals surface area contributed by atoms with Crippen LogP contribution in [0.2, 0.25) is 0 Å². The van der Waals surface area contributed by atoms with E-state index < -0.39 is 0 Å². The molecule has 2 atom stereocenters. The van der Waals surface area contributed by atoms with E-state index in [4.69, 9.17) is 0 Å². The van der Waals surface area contributed by atoms with Gasteiger partial charge >= 0.3 is 0 Å². The summed E-state index contributed by atoms with van der Waals surface area (Å²) in [6.45, 7) is 2.18. The van der Waals surface area contributed by atoms with Crippen molar-refractivity contribution in [1.82, 2.24) is 0 Å². The summed E-state index contributed by atoms with van der Waals surface area (Å²) in [5, 5.41) is 0. The molecule has 0 aromatic heterocycles. The minimum atomic E-state index is -0.0230. The van der Waals surface area contributed by atoms with Crippen LogP contribution in [0, 0.1) is 11.3 Å². The van der Waals surface area contributed by atoms with E-state index in [1.165, 1.54) is 23.1 Å². The molecule has 0 saturated heterocycles. The van der Waals surface area contributed by atoms with Crippen molar-refractivity contribution in [1.29, 1.82) is 0 Å². The second kappa shape index (κ2) is 3.82. The van der Waals surface area contributed by atoms with Crippen molar-refractivity contribution < 1.29 is 4.79 Å². The Balaban J connectivity index is 1.75. The number of ketones is 1. The average Bonchev–Trinajstić information content (AvgIpc) is 3.01. The number of carbonyl (C=O) groups excluding carboxylic acids is 1. The fourth-order valence-electron chi connectivity index (χ4n) is 4.46. The number of hydrogen-bond acceptors (Lipinski definition) is 1. The molecule has 1 aromatic carbocycles. The van der Waals surface area contributed by atoms with Gasteiger partial charge in [-0.25, -0.2) is 0 Å². The molecule has 1 nitrogen and oxygen atoms in total. The summed E-state index contributed by atoms with van der Waals surface area (Å²) in [7, 11) is 0. The van der Waals surface area contributed by atoms with Crippen molar-refractivity contribution >= 4 is 5.78 Å². The van der Waals surface area contributed by atoms with Crippen LogP contribution in [0.15, 0.2) is 29.8 Å². The molecule has 1 aromatic rings. The predicted molar refractivity (Wildman–Crippen MR) is 76.1 cm³/mol. The van der Waals surface area contributed by atoms with Crippen LogP contribution in [-0.4, -0.2) is 5.78 Å². The van der Waals surface area contributed by atoms with Gasteiger partial charge in [0.15, 0.2) is 0 Å². The molecule has 98 valence electrons. The third-order valence-electron chi connectivity index (χ3n) is 5.61. The number of allylic oxidation sites excluding steroid dienone is 2. The van der Waals surface area contributed by atoms with Gasteiger partial charge in [-0.05, 0) is 54.7 Å². The van der Waals surface area contributed by atoms with E-state index in [9.17, 15) is 4.79 Å². The first-order chi connectivity index (χ1) is 9.21. The Morgan fingerprint density at radius 1 is 1.26 bits per heavy atom. The Kier molecular flexibility index (Phi) is 2.30. The highest BCUT2D eigenvalue weighted by molar-refractivity contribution is 5.90. The molecule has 0 N–H and O–H groups in total. The van der Waals surface area contributed by atoms with E-state index in [1.54, 1.807) is 5.57 Å². The highest BCUT2D eigenvalue weighted by Crippen LogP contribution is 2.56. The van der Waals surface area contributed by atoms with Gasteiger partial charge in [-0.2, -0.15) is 0 Å². The van der Waals surface area contributed by atoms with Gasteiger partial charge in [-0.15, -0.1) is 0 Å². The number of rotatable bonds is 1. The molecule has 2 bridgehead atoms. The molecule has 2 unspecified atom stereocenters. The quantitative estimate of drug-likeness (QED) is 0.697. The first-order valence-electron chi connectivity index (χ1n) is 7.53. The Hall–Kier alpha value is -1.37. The molecule has 19 heavy (non-hydrogen) atoms. The number of carbonyl (C=O) groups is 1. The largest absolute Gasteiger partial charge is 0.299 e. The summed E-state index contributed by atoms with van der Waals surface area (Å²) in [4.78, 5) is 12.7. The Bertz CT molecular complexity index is 596. The van der Waals surface area contributed by atoms with Crippen LogP contribution >= 0.6 is 0 Å².